The minimum absolute atomic E-state index is 0.0529. The van der Waals surface area contributed by atoms with E-state index in [-0.39, 0.29) is 11.8 Å². The molecule has 0 bridgehead atoms. The molecule has 112 valence electrons. The van der Waals surface area contributed by atoms with Gasteiger partial charge in [0.2, 0.25) is 5.89 Å². The van der Waals surface area contributed by atoms with Crippen molar-refractivity contribution in [3.63, 3.8) is 0 Å². The number of anilines is 1. The monoisotopic (exact) mass is 313 g/mol. The lowest BCUT2D eigenvalue weighted by Crippen LogP contribution is -2.07. The lowest BCUT2D eigenvalue weighted by atomic mass is 10.1. The number of Topliss-reactive ketones (excluding diaryl/α,β-unsaturated/α-hetero) is 1. The number of nitrogens with zero attached hydrogens (tertiary/aromatic N) is 2. The molecule has 0 saturated carbocycles. The molecule has 1 aromatic carbocycles. The molecule has 2 aromatic heterocycles. The van der Waals surface area contributed by atoms with Crippen LogP contribution >= 0.6 is 11.3 Å². The van der Waals surface area contributed by atoms with Crippen LogP contribution in [0.1, 0.15) is 36.1 Å². The van der Waals surface area contributed by atoms with Crippen molar-refractivity contribution >= 4 is 22.8 Å². The Hall–Kier alpha value is -2.47. The number of benzene rings is 1. The van der Waals surface area contributed by atoms with Crippen LogP contribution in [0.5, 0.6) is 0 Å². The van der Waals surface area contributed by atoms with Gasteiger partial charge in [-0.25, -0.2) is 0 Å². The Kier molecular flexibility index (Phi) is 4.02. The number of hydrogen-bond acceptors (Lipinski definition) is 6. The number of rotatable bonds is 5. The van der Waals surface area contributed by atoms with E-state index in [0.29, 0.717) is 17.3 Å². The second kappa shape index (κ2) is 6.11. The molecule has 3 rings (SSSR count). The average Bonchev–Trinajstić information content (AvgIpc) is 3.19. The van der Waals surface area contributed by atoms with Crippen molar-refractivity contribution in [3.05, 3.63) is 53.2 Å². The highest BCUT2D eigenvalue weighted by molar-refractivity contribution is 7.13. The van der Waals surface area contributed by atoms with Crippen LogP contribution in [0.4, 0.5) is 5.69 Å². The Bertz CT molecular complexity index is 763. The molecule has 22 heavy (non-hydrogen) atoms. The molecule has 3 aromatic rings. The number of carbonyl (C=O) groups is 1. The third-order valence-electron chi connectivity index (χ3n) is 3.22. The fourth-order valence-corrected chi connectivity index (χ4v) is 2.67. The minimum atomic E-state index is -0.121. The predicted octanol–water partition coefficient (Wildman–Crippen LogP) is 4.17. The van der Waals surface area contributed by atoms with Crippen LogP contribution in [0, 0.1) is 0 Å². The van der Waals surface area contributed by atoms with Gasteiger partial charge in [0.05, 0.1) is 4.88 Å². The van der Waals surface area contributed by atoms with E-state index in [1.165, 1.54) is 0 Å². The molecular weight excluding hydrogens is 298 g/mol. The van der Waals surface area contributed by atoms with E-state index in [2.05, 4.69) is 15.5 Å². The highest BCUT2D eigenvalue weighted by atomic mass is 32.1. The quantitative estimate of drug-likeness (QED) is 0.716. The van der Waals surface area contributed by atoms with Crippen LogP contribution < -0.4 is 5.32 Å². The zero-order valence-corrected chi connectivity index (χ0v) is 13.1. The van der Waals surface area contributed by atoms with Crippen molar-refractivity contribution in [1.82, 2.24) is 10.2 Å². The molecule has 0 aliphatic carbocycles. The van der Waals surface area contributed by atoms with Crippen LogP contribution in [0.25, 0.3) is 10.8 Å². The molecular formula is C16H15N3O2S. The summed E-state index contributed by atoms with van der Waals surface area (Å²) in [5.41, 5.74) is 1.59. The Morgan fingerprint density at radius 3 is 2.64 bits per heavy atom. The maximum absolute atomic E-state index is 11.3. The van der Waals surface area contributed by atoms with Crippen LogP contribution in [0.15, 0.2) is 46.2 Å². The van der Waals surface area contributed by atoms with Gasteiger partial charge >= 0.3 is 0 Å². The molecule has 2 heterocycles. The third kappa shape index (κ3) is 3.07. The van der Waals surface area contributed by atoms with E-state index in [1.807, 2.05) is 36.6 Å². The van der Waals surface area contributed by atoms with Gasteiger partial charge in [0.15, 0.2) is 5.78 Å². The number of hydrogen-bond donors (Lipinski definition) is 1. The maximum atomic E-state index is 11.3. The van der Waals surface area contributed by atoms with Crippen LogP contribution in [-0.4, -0.2) is 16.0 Å². The highest BCUT2D eigenvalue weighted by Crippen LogP contribution is 2.26. The molecule has 5 nitrogen and oxygen atoms in total. The van der Waals surface area contributed by atoms with E-state index >= 15 is 0 Å². The molecule has 1 N–H and O–H groups in total. The lowest BCUT2D eigenvalue weighted by Gasteiger charge is -2.11. The molecule has 0 radical (unpaired) electrons. The van der Waals surface area contributed by atoms with E-state index < -0.39 is 0 Å². The maximum Gasteiger partial charge on any atom is 0.257 e. The highest BCUT2D eigenvalue weighted by Gasteiger charge is 2.15. The molecule has 0 unspecified atom stereocenters. The Morgan fingerprint density at radius 1 is 1.23 bits per heavy atom. The summed E-state index contributed by atoms with van der Waals surface area (Å²) in [5, 5.41) is 13.4. The van der Waals surface area contributed by atoms with Gasteiger partial charge in [-0.3, -0.25) is 4.79 Å². The van der Waals surface area contributed by atoms with Gasteiger partial charge in [-0.15, -0.1) is 21.5 Å². The van der Waals surface area contributed by atoms with Crippen molar-refractivity contribution in [2.45, 2.75) is 19.9 Å². The lowest BCUT2D eigenvalue weighted by molar-refractivity contribution is 0.101. The van der Waals surface area contributed by atoms with Crippen molar-refractivity contribution in [2.24, 2.45) is 0 Å². The SMILES string of the molecule is CC(=O)c1ccc(N[C@@H](C)c2nnc(-c3cccs3)o2)cc1. The molecule has 0 fully saturated rings. The van der Waals surface area contributed by atoms with Gasteiger partial charge in [-0.1, -0.05) is 6.07 Å². The van der Waals surface area contributed by atoms with Gasteiger partial charge < -0.3 is 9.73 Å². The smallest absolute Gasteiger partial charge is 0.257 e. The summed E-state index contributed by atoms with van der Waals surface area (Å²) < 4.78 is 5.70. The summed E-state index contributed by atoms with van der Waals surface area (Å²) in [6, 6.07) is 11.1. The number of carbonyl (C=O) groups excluding carboxylic acids is 1. The van der Waals surface area contributed by atoms with Crippen molar-refractivity contribution < 1.29 is 9.21 Å². The molecule has 0 aliphatic heterocycles. The summed E-state index contributed by atoms with van der Waals surface area (Å²) in [5.74, 6) is 1.11. The van der Waals surface area contributed by atoms with Crippen LogP contribution in [-0.2, 0) is 0 Å². The van der Waals surface area contributed by atoms with Crippen molar-refractivity contribution in [2.75, 3.05) is 5.32 Å². The molecule has 0 spiro atoms. The van der Waals surface area contributed by atoms with Gasteiger partial charge in [-0.2, -0.15) is 0 Å². The zero-order valence-electron chi connectivity index (χ0n) is 12.2. The van der Waals surface area contributed by atoms with E-state index in [9.17, 15) is 4.79 Å². The van der Waals surface area contributed by atoms with Crippen LogP contribution in [0.3, 0.4) is 0 Å². The Balaban J connectivity index is 1.71. The van der Waals surface area contributed by atoms with E-state index in [1.54, 1.807) is 30.4 Å². The third-order valence-corrected chi connectivity index (χ3v) is 4.08. The second-order valence-corrected chi connectivity index (χ2v) is 5.87. The predicted molar refractivity (Wildman–Crippen MR) is 86.1 cm³/mol. The standard InChI is InChI=1S/C16H15N3O2S/c1-10(17-13-7-5-12(6-8-13)11(2)20)15-18-19-16(21-15)14-4-3-9-22-14/h3-10,17H,1-2H3/t10-/m0/s1. The Labute approximate surface area is 132 Å². The summed E-state index contributed by atoms with van der Waals surface area (Å²) in [4.78, 5) is 12.2. The fourth-order valence-electron chi connectivity index (χ4n) is 2.02. The van der Waals surface area contributed by atoms with E-state index in [0.717, 1.165) is 10.6 Å². The summed E-state index contributed by atoms with van der Waals surface area (Å²) in [7, 11) is 0. The molecule has 1 atom stereocenters. The number of ketones is 1. The van der Waals surface area contributed by atoms with Gasteiger partial charge in [0, 0.05) is 11.3 Å². The van der Waals surface area contributed by atoms with Gasteiger partial charge in [0.1, 0.15) is 6.04 Å². The van der Waals surface area contributed by atoms with Gasteiger partial charge in [-0.05, 0) is 49.6 Å². The van der Waals surface area contributed by atoms with Gasteiger partial charge in [0.25, 0.3) is 5.89 Å². The largest absolute Gasteiger partial charge is 0.418 e. The molecule has 0 amide bonds. The van der Waals surface area contributed by atoms with Crippen molar-refractivity contribution in [1.29, 1.82) is 0 Å². The summed E-state index contributed by atoms with van der Waals surface area (Å²) in [6.07, 6.45) is 0. The molecule has 0 saturated heterocycles. The topological polar surface area (TPSA) is 68.0 Å². The second-order valence-electron chi connectivity index (χ2n) is 4.92. The zero-order chi connectivity index (χ0) is 15.5. The van der Waals surface area contributed by atoms with Crippen LogP contribution in [0.2, 0.25) is 0 Å². The first kappa shape index (κ1) is 14.5. The fraction of sp³-hybridized carbons (Fsp3) is 0.188. The average molecular weight is 313 g/mol. The summed E-state index contributed by atoms with van der Waals surface area (Å²) >= 11 is 1.56. The minimum Gasteiger partial charge on any atom is -0.418 e. The Morgan fingerprint density at radius 2 is 2.00 bits per heavy atom. The van der Waals surface area contributed by atoms with Crippen molar-refractivity contribution in [3.8, 4) is 10.8 Å². The first-order valence-corrected chi connectivity index (χ1v) is 7.76. The first-order chi connectivity index (χ1) is 10.6. The van der Waals surface area contributed by atoms with E-state index in [4.69, 9.17) is 4.42 Å². The number of nitrogens with one attached hydrogen (secondary N) is 1. The number of thiophene rings is 1. The molecule has 6 heteroatoms. The number of aromatic nitrogens is 2. The first-order valence-electron chi connectivity index (χ1n) is 6.88. The summed E-state index contributed by atoms with van der Waals surface area (Å²) in [6.45, 7) is 3.50. The molecule has 0 aliphatic rings. The normalized spacial score (nSPS) is 12.1.